The quantitative estimate of drug-likeness (QED) is 0.745. The summed E-state index contributed by atoms with van der Waals surface area (Å²) in [5.41, 5.74) is 0. The van der Waals surface area contributed by atoms with E-state index in [9.17, 15) is 0 Å². The van der Waals surface area contributed by atoms with Crippen molar-refractivity contribution in [3.8, 4) is 0 Å². The predicted octanol–water partition coefficient (Wildman–Crippen LogP) is 1.74. The highest BCUT2D eigenvalue weighted by Crippen LogP contribution is 2.32. The average Bonchev–Trinajstić information content (AvgIpc) is 2.77. The van der Waals surface area contributed by atoms with Crippen molar-refractivity contribution in [2.24, 2.45) is 17.8 Å². The second-order valence-electron chi connectivity index (χ2n) is 5.27. The first-order valence-corrected chi connectivity index (χ1v) is 6.13. The molecule has 1 saturated carbocycles. The lowest BCUT2D eigenvalue weighted by Gasteiger charge is -2.23. The summed E-state index contributed by atoms with van der Waals surface area (Å²) in [7, 11) is 0. The fraction of sp³-hybridized carbons (Fsp3) is 1.00. The average molecular weight is 197 g/mol. The lowest BCUT2D eigenvalue weighted by molar-refractivity contribution is 0.205. The molecule has 3 atom stereocenters. The molecule has 2 heteroatoms. The lowest BCUT2D eigenvalue weighted by atomic mass is 9.98. The van der Waals surface area contributed by atoms with E-state index in [0.717, 1.165) is 18.4 Å². The molecule has 1 aliphatic carbocycles. The largest absolute Gasteiger partial charge is 0.396 e. The van der Waals surface area contributed by atoms with Crippen LogP contribution in [0.15, 0.2) is 0 Å². The maximum absolute atomic E-state index is 9.07. The molecule has 1 N–H and O–H groups in total. The third-order valence-electron chi connectivity index (χ3n) is 4.16. The van der Waals surface area contributed by atoms with Crippen LogP contribution in [-0.4, -0.2) is 36.2 Å². The smallest absolute Gasteiger partial charge is 0.0471 e. The van der Waals surface area contributed by atoms with Gasteiger partial charge < -0.3 is 10.0 Å². The summed E-state index contributed by atoms with van der Waals surface area (Å²) in [4.78, 5) is 2.56. The first-order valence-electron chi connectivity index (χ1n) is 6.13. The molecule has 0 aromatic rings. The van der Waals surface area contributed by atoms with Gasteiger partial charge in [0, 0.05) is 19.7 Å². The molecule has 2 rings (SSSR count). The van der Waals surface area contributed by atoms with Crippen LogP contribution in [0.4, 0.5) is 0 Å². The van der Waals surface area contributed by atoms with E-state index in [1.807, 2.05) is 0 Å². The van der Waals surface area contributed by atoms with Gasteiger partial charge in [-0.25, -0.2) is 0 Å². The molecule has 1 heterocycles. The van der Waals surface area contributed by atoms with Gasteiger partial charge in [-0.3, -0.25) is 0 Å². The fourth-order valence-corrected chi connectivity index (χ4v) is 3.05. The zero-order valence-corrected chi connectivity index (χ0v) is 9.28. The Morgan fingerprint density at radius 2 is 2.14 bits per heavy atom. The fourth-order valence-electron chi connectivity index (χ4n) is 3.05. The maximum Gasteiger partial charge on any atom is 0.0471 e. The number of nitrogens with zero attached hydrogens (tertiary/aromatic N) is 1. The molecule has 0 aromatic heterocycles. The molecule has 1 saturated heterocycles. The Balaban J connectivity index is 1.75. The molecule has 0 spiro atoms. The normalized spacial score (nSPS) is 39.4. The van der Waals surface area contributed by atoms with Gasteiger partial charge in [-0.15, -0.1) is 0 Å². The molecule has 2 nitrogen and oxygen atoms in total. The molecule has 2 fully saturated rings. The molecule has 0 bridgehead atoms. The van der Waals surface area contributed by atoms with Gasteiger partial charge in [-0.1, -0.05) is 19.8 Å². The minimum Gasteiger partial charge on any atom is -0.396 e. The number of rotatable bonds is 3. The first-order chi connectivity index (χ1) is 6.79. The van der Waals surface area contributed by atoms with Crippen molar-refractivity contribution in [1.29, 1.82) is 0 Å². The van der Waals surface area contributed by atoms with E-state index in [1.54, 1.807) is 0 Å². The molecule has 1 aliphatic heterocycles. The van der Waals surface area contributed by atoms with Gasteiger partial charge in [0.1, 0.15) is 0 Å². The molecule has 82 valence electrons. The Morgan fingerprint density at radius 1 is 1.29 bits per heavy atom. The van der Waals surface area contributed by atoms with Crippen molar-refractivity contribution in [3.63, 3.8) is 0 Å². The number of hydrogen-bond acceptors (Lipinski definition) is 2. The molecular formula is C12H23NO. The number of aliphatic hydroxyl groups excluding tert-OH is 1. The molecule has 0 amide bonds. The highest BCUT2D eigenvalue weighted by molar-refractivity contribution is 4.81. The van der Waals surface area contributed by atoms with Gasteiger partial charge >= 0.3 is 0 Å². The van der Waals surface area contributed by atoms with Crippen molar-refractivity contribution in [2.45, 2.75) is 32.6 Å². The van der Waals surface area contributed by atoms with E-state index in [2.05, 4.69) is 11.8 Å². The monoisotopic (exact) mass is 197 g/mol. The summed E-state index contributed by atoms with van der Waals surface area (Å²) in [5, 5.41) is 9.07. The minimum atomic E-state index is 0.386. The zero-order valence-electron chi connectivity index (χ0n) is 9.28. The Bertz CT molecular complexity index is 183. The van der Waals surface area contributed by atoms with E-state index in [-0.39, 0.29) is 0 Å². The minimum absolute atomic E-state index is 0.386. The van der Waals surface area contributed by atoms with Crippen LogP contribution >= 0.6 is 0 Å². The summed E-state index contributed by atoms with van der Waals surface area (Å²) in [6, 6.07) is 0. The third-order valence-corrected chi connectivity index (χ3v) is 4.16. The van der Waals surface area contributed by atoms with Gasteiger partial charge in [-0.05, 0) is 37.1 Å². The summed E-state index contributed by atoms with van der Waals surface area (Å²) in [6.07, 6.45) is 5.50. The van der Waals surface area contributed by atoms with Crippen molar-refractivity contribution in [1.82, 2.24) is 4.90 Å². The molecule has 2 aliphatic rings. The number of aliphatic hydroxyl groups is 1. The topological polar surface area (TPSA) is 23.5 Å². The third kappa shape index (κ3) is 2.29. The van der Waals surface area contributed by atoms with Gasteiger partial charge in [0.25, 0.3) is 0 Å². The van der Waals surface area contributed by atoms with Crippen LogP contribution in [0.2, 0.25) is 0 Å². The highest BCUT2D eigenvalue weighted by atomic mass is 16.3. The second-order valence-corrected chi connectivity index (χ2v) is 5.27. The molecule has 0 aromatic carbocycles. The molecule has 14 heavy (non-hydrogen) atoms. The molecule has 0 radical (unpaired) electrons. The summed E-state index contributed by atoms with van der Waals surface area (Å²) in [6.45, 7) is 6.43. The van der Waals surface area contributed by atoms with Gasteiger partial charge in [0.05, 0.1) is 0 Å². The van der Waals surface area contributed by atoms with Crippen molar-refractivity contribution in [2.75, 3.05) is 26.2 Å². The number of likely N-dealkylation sites (tertiary alicyclic amines) is 1. The maximum atomic E-state index is 9.07. The second kappa shape index (κ2) is 4.63. The van der Waals surface area contributed by atoms with Crippen LogP contribution in [-0.2, 0) is 0 Å². The Morgan fingerprint density at radius 3 is 2.71 bits per heavy atom. The summed E-state index contributed by atoms with van der Waals surface area (Å²) >= 11 is 0. The molecule has 3 unspecified atom stereocenters. The summed E-state index contributed by atoms with van der Waals surface area (Å²) in [5.74, 6) is 2.43. The SMILES string of the molecule is CC1CCCC1CN1CCC(CO)C1. The van der Waals surface area contributed by atoms with Crippen molar-refractivity contribution < 1.29 is 5.11 Å². The standard InChI is InChI=1S/C12H23NO/c1-10-3-2-4-12(10)8-13-6-5-11(7-13)9-14/h10-12,14H,2-9H2,1H3. The van der Waals surface area contributed by atoms with E-state index >= 15 is 0 Å². The van der Waals surface area contributed by atoms with Gasteiger partial charge in [0.2, 0.25) is 0 Å². The van der Waals surface area contributed by atoms with E-state index in [1.165, 1.54) is 38.8 Å². The highest BCUT2D eigenvalue weighted by Gasteiger charge is 2.28. The van der Waals surface area contributed by atoms with Crippen LogP contribution in [0.25, 0.3) is 0 Å². The van der Waals surface area contributed by atoms with Crippen LogP contribution in [0.3, 0.4) is 0 Å². The zero-order chi connectivity index (χ0) is 9.97. The van der Waals surface area contributed by atoms with Crippen molar-refractivity contribution in [3.05, 3.63) is 0 Å². The van der Waals surface area contributed by atoms with E-state index < -0.39 is 0 Å². The van der Waals surface area contributed by atoms with Gasteiger partial charge in [0.15, 0.2) is 0 Å². The molecular weight excluding hydrogens is 174 g/mol. The van der Waals surface area contributed by atoms with Gasteiger partial charge in [-0.2, -0.15) is 0 Å². The van der Waals surface area contributed by atoms with Crippen LogP contribution < -0.4 is 0 Å². The first kappa shape index (κ1) is 10.4. The van der Waals surface area contributed by atoms with Crippen molar-refractivity contribution >= 4 is 0 Å². The van der Waals surface area contributed by atoms with Crippen LogP contribution in [0.1, 0.15) is 32.6 Å². The Kier molecular flexibility index (Phi) is 3.45. The van der Waals surface area contributed by atoms with Crippen LogP contribution in [0, 0.1) is 17.8 Å². The lowest BCUT2D eigenvalue weighted by Crippen LogP contribution is -2.29. The summed E-state index contributed by atoms with van der Waals surface area (Å²) < 4.78 is 0. The predicted molar refractivity (Wildman–Crippen MR) is 58.1 cm³/mol. The number of hydrogen-bond donors (Lipinski definition) is 1. The Labute approximate surface area is 87.3 Å². The van der Waals surface area contributed by atoms with E-state index in [0.29, 0.717) is 12.5 Å². The van der Waals surface area contributed by atoms with Crippen LogP contribution in [0.5, 0.6) is 0 Å². The Hall–Kier alpha value is -0.0800. The van der Waals surface area contributed by atoms with E-state index in [4.69, 9.17) is 5.11 Å².